The molecular formula is C11H15NO2. The minimum absolute atomic E-state index is 0.0196. The van der Waals surface area contributed by atoms with Gasteiger partial charge in [-0.05, 0) is 33.8 Å². The lowest BCUT2D eigenvalue weighted by molar-refractivity contribution is 0.101. The average Bonchev–Trinajstić information content (AvgIpc) is 2.01. The lowest BCUT2D eigenvalue weighted by Crippen LogP contribution is -2.23. The van der Waals surface area contributed by atoms with Crippen LogP contribution in [-0.2, 0) is 0 Å². The van der Waals surface area contributed by atoms with Crippen molar-refractivity contribution in [3.63, 3.8) is 0 Å². The quantitative estimate of drug-likeness (QED) is 0.677. The lowest BCUT2D eigenvalue weighted by atomic mass is 10.2. The molecule has 0 saturated carbocycles. The monoisotopic (exact) mass is 193 g/mol. The maximum absolute atomic E-state index is 11.1. The summed E-state index contributed by atoms with van der Waals surface area (Å²) in [6, 6.07) is 3.34. The molecule has 0 radical (unpaired) electrons. The van der Waals surface area contributed by atoms with Crippen LogP contribution < -0.4 is 4.74 Å². The van der Waals surface area contributed by atoms with Gasteiger partial charge in [0, 0.05) is 17.8 Å². The van der Waals surface area contributed by atoms with E-state index in [2.05, 4.69) is 4.98 Å². The molecule has 14 heavy (non-hydrogen) atoms. The van der Waals surface area contributed by atoms with Crippen LogP contribution in [0.3, 0.4) is 0 Å². The molecule has 0 N–H and O–H groups in total. The lowest BCUT2D eigenvalue weighted by Gasteiger charge is -2.20. The summed E-state index contributed by atoms with van der Waals surface area (Å²) >= 11 is 0. The molecule has 0 unspecified atom stereocenters. The molecule has 1 rings (SSSR count). The molecule has 0 aliphatic heterocycles. The Labute approximate surface area is 84.1 Å². The summed E-state index contributed by atoms with van der Waals surface area (Å²) in [6.07, 6.45) is 1.58. The van der Waals surface area contributed by atoms with Gasteiger partial charge in [-0.25, -0.2) is 4.98 Å². The summed E-state index contributed by atoms with van der Waals surface area (Å²) in [5, 5.41) is 0. The Kier molecular flexibility index (Phi) is 2.89. The zero-order valence-corrected chi connectivity index (χ0v) is 9.00. The molecule has 0 saturated heterocycles. The van der Waals surface area contributed by atoms with Gasteiger partial charge in [-0.3, -0.25) is 4.79 Å². The molecule has 1 aromatic heterocycles. The zero-order valence-electron chi connectivity index (χ0n) is 9.00. The Hall–Kier alpha value is -1.38. The highest BCUT2D eigenvalue weighted by Crippen LogP contribution is 2.16. The maximum Gasteiger partial charge on any atom is 0.214 e. The first kappa shape index (κ1) is 10.7. The number of carbonyl (C=O) groups excluding carboxylic acids is 1. The molecule has 0 fully saturated rings. The number of rotatable bonds is 2. The molecule has 0 aliphatic rings. The standard InChI is InChI=1S/C11H15NO2/c1-8(13)9-5-6-12-10(7-9)14-11(2,3)4/h5-7H,1-4H3. The summed E-state index contributed by atoms with van der Waals surface area (Å²) in [5.74, 6) is 0.511. The molecule has 0 aliphatic carbocycles. The highest BCUT2D eigenvalue weighted by Gasteiger charge is 2.13. The topological polar surface area (TPSA) is 39.2 Å². The number of hydrogen-bond acceptors (Lipinski definition) is 3. The Bertz CT molecular complexity index is 339. The summed E-state index contributed by atoms with van der Waals surface area (Å²) in [7, 11) is 0. The number of hydrogen-bond donors (Lipinski definition) is 0. The van der Waals surface area contributed by atoms with Crippen LogP contribution in [0, 0.1) is 0 Å². The highest BCUT2D eigenvalue weighted by molar-refractivity contribution is 5.94. The summed E-state index contributed by atoms with van der Waals surface area (Å²) in [4.78, 5) is 15.1. The molecular weight excluding hydrogens is 178 g/mol. The van der Waals surface area contributed by atoms with Crippen molar-refractivity contribution in [1.82, 2.24) is 4.98 Å². The molecule has 76 valence electrons. The van der Waals surface area contributed by atoms with Crippen LogP contribution in [0.25, 0.3) is 0 Å². The maximum atomic E-state index is 11.1. The van der Waals surface area contributed by atoms with E-state index in [1.165, 1.54) is 6.92 Å². The third-order valence-electron chi connectivity index (χ3n) is 1.55. The number of ketones is 1. The van der Waals surface area contributed by atoms with Crippen molar-refractivity contribution in [3.05, 3.63) is 23.9 Å². The van der Waals surface area contributed by atoms with Gasteiger partial charge in [0.15, 0.2) is 5.78 Å². The number of Topliss-reactive ketones (excluding diaryl/α,β-unsaturated/α-hetero) is 1. The predicted octanol–water partition coefficient (Wildman–Crippen LogP) is 2.46. The van der Waals surface area contributed by atoms with Gasteiger partial charge in [0.2, 0.25) is 5.88 Å². The summed E-state index contributed by atoms with van der Waals surface area (Å²) < 4.78 is 5.53. The highest BCUT2D eigenvalue weighted by atomic mass is 16.5. The molecule has 1 aromatic rings. The van der Waals surface area contributed by atoms with Crippen LogP contribution in [0.5, 0.6) is 5.88 Å². The van der Waals surface area contributed by atoms with Crippen molar-refractivity contribution in [2.24, 2.45) is 0 Å². The van der Waals surface area contributed by atoms with E-state index in [1.54, 1.807) is 18.3 Å². The van der Waals surface area contributed by atoms with Gasteiger partial charge in [0.1, 0.15) is 5.60 Å². The second-order valence-corrected chi connectivity index (χ2v) is 4.15. The SMILES string of the molecule is CC(=O)c1ccnc(OC(C)(C)C)c1. The van der Waals surface area contributed by atoms with E-state index in [4.69, 9.17) is 4.74 Å². The average molecular weight is 193 g/mol. The Morgan fingerprint density at radius 1 is 1.43 bits per heavy atom. The van der Waals surface area contributed by atoms with E-state index in [0.29, 0.717) is 11.4 Å². The van der Waals surface area contributed by atoms with E-state index in [-0.39, 0.29) is 11.4 Å². The largest absolute Gasteiger partial charge is 0.472 e. The van der Waals surface area contributed by atoms with Crippen LogP contribution >= 0.6 is 0 Å². The first-order chi connectivity index (χ1) is 6.38. The van der Waals surface area contributed by atoms with Gasteiger partial charge in [-0.15, -0.1) is 0 Å². The minimum Gasteiger partial charge on any atom is -0.472 e. The van der Waals surface area contributed by atoms with Crippen LogP contribution in [0.15, 0.2) is 18.3 Å². The van der Waals surface area contributed by atoms with Crippen molar-refractivity contribution in [2.45, 2.75) is 33.3 Å². The number of nitrogens with zero attached hydrogens (tertiary/aromatic N) is 1. The normalized spacial score (nSPS) is 11.1. The zero-order chi connectivity index (χ0) is 10.8. The van der Waals surface area contributed by atoms with Gasteiger partial charge in [0.05, 0.1) is 0 Å². The van der Waals surface area contributed by atoms with E-state index in [1.807, 2.05) is 20.8 Å². The van der Waals surface area contributed by atoms with Gasteiger partial charge >= 0.3 is 0 Å². The fourth-order valence-electron chi connectivity index (χ4n) is 0.998. The van der Waals surface area contributed by atoms with Crippen LogP contribution in [0.1, 0.15) is 38.1 Å². The Morgan fingerprint density at radius 2 is 2.07 bits per heavy atom. The van der Waals surface area contributed by atoms with Gasteiger partial charge in [-0.1, -0.05) is 0 Å². The number of aromatic nitrogens is 1. The third kappa shape index (κ3) is 3.17. The fourth-order valence-corrected chi connectivity index (χ4v) is 0.998. The van der Waals surface area contributed by atoms with Crippen molar-refractivity contribution >= 4 is 5.78 Å². The molecule has 3 heteroatoms. The first-order valence-electron chi connectivity index (χ1n) is 4.54. The fraction of sp³-hybridized carbons (Fsp3) is 0.455. The van der Waals surface area contributed by atoms with Crippen LogP contribution in [0.2, 0.25) is 0 Å². The molecule has 1 heterocycles. The summed E-state index contributed by atoms with van der Waals surface area (Å²) in [5.41, 5.74) is 0.335. The van der Waals surface area contributed by atoms with E-state index >= 15 is 0 Å². The van der Waals surface area contributed by atoms with Crippen molar-refractivity contribution in [1.29, 1.82) is 0 Å². The molecule has 0 spiro atoms. The predicted molar refractivity (Wildman–Crippen MR) is 54.6 cm³/mol. The van der Waals surface area contributed by atoms with Crippen molar-refractivity contribution in [3.8, 4) is 5.88 Å². The smallest absolute Gasteiger partial charge is 0.214 e. The van der Waals surface area contributed by atoms with Crippen molar-refractivity contribution < 1.29 is 9.53 Å². The van der Waals surface area contributed by atoms with Gasteiger partial charge in [-0.2, -0.15) is 0 Å². The first-order valence-corrected chi connectivity index (χ1v) is 4.54. The van der Waals surface area contributed by atoms with E-state index in [9.17, 15) is 4.79 Å². The molecule has 0 atom stereocenters. The number of pyridine rings is 1. The van der Waals surface area contributed by atoms with Gasteiger partial charge < -0.3 is 4.74 Å². The molecule has 0 bridgehead atoms. The Morgan fingerprint density at radius 3 is 2.57 bits per heavy atom. The molecule has 0 amide bonds. The third-order valence-corrected chi connectivity index (χ3v) is 1.55. The minimum atomic E-state index is -0.289. The summed E-state index contributed by atoms with van der Waals surface area (Å²) in [6.45, 7) is 7.34. The van der Waals surface area contributed by atoms with Crippen LogP contribution in [-0.4, -0.2) is 16.4 Å². The van der Waals surface area contributed by atoms with Crippen LogP contribution in [0.4, 0.5) is 0 Å². The second-order valence-electron chi connectivity index (χ2n) is 4.15. The molecule has 0 aromatic carbocycles. The number of carbonyl (C=O) groups is 1. The number of ether oxygens (including phenoxy) is 1. The Balaban J connectivity index is 2.89. The van der Waals surface area contributed by atoms with E-state index in [0.717, 1.165) is 0 Å². The van der Waals surface area contributed by atoms with Gasteiger partial charge in [0.25, 0.3) is 0 Å². The van der Waals surface area contributed by atoms with Crippen molar-refractivity contribution in [2.75, 3.05) is 0 Å². The second kappa shape index (κ2) is 3.78. The molecule has 3 nitrogen and oxygen atoms in total. The van der Waals surface area contributed by atoms with E-state index < -0.39 is 0 Å².